The molecule has 14 heavy (non-hydrogen) atoms. The van der Waals surface area contributed by atoms with Crippen LogP contribution in [0, 0.1) is 5.92 Å². The summed E-state index contributed by atoms with van der Waals surface area (Å²) < 4.78 is 0. The average molecular weight is 210 g/mol. The number of fused-ring (bicyclic) bond motifs is 1. The molecule has 0 radical (unpaired) electrons. The Kier molecular flexibility index (Phi) is 2.88. The van der Waals surface area contributed by atoms with Gasteiger partial charge in [0.2, 0.25) is 0 Å². The summed E-state index contributed by atoms with van der Waals surface area (Å²) in [6, 6.07) is 0.538. The number of nitrogens with one attached hydrogen (secondary N) is 1. The van der Waals surface area contributed by atoms with Gasteiger partial charge in [0, 0.05) is 23.9 Å². The van der Waals surface area contributed by atoms with Crippen LogP contribution in [0.1, 0.15) is 42.4 Å². The van der Waals surface area contributed by atoms with Gasteiger partial charge >= 0.3 is 0 Å². The standard InChI is InChI=1S/C11H18N2S/c1-4-9-13-8-5-6-12-10(7(2)3)11(8)14-9/h7,10,12H,4-6H2,1-3H3/t10-/m0/s1. The number of rotatable bonds is 2. The highest BCUT2D eigenvalue weighted by Crippen LogP contribution is 2.33. The van der Waals surface area contributed by atoms with Crippen molar-refractivity contribution in [2.24, 2.45) is 5.92 Å². The van der Waals surface area contributed by atoms with Crippen LogP contribution in [0.15, 0.2) is 0 Å². The van der Waals surface area contributed by atoms with Gasteiger partial charge in [0.15, 0.2) is 0 Å². The lowest BCUT2D eigenvalue weighted by Gasteiger charge is -2.26. The number of thiazole rings is 1. The molecule has 0 saturated carbocycles. The van der Waals surface area contributed by atoms with E-state index in [4.69, 9.17) is 0 Å². The molecule has 1 aliphatic rings. The summed E-state index contributed by atoms with van der Waals surface area (Å²) in [5, 5.41) is 4.88. The first-order chi connectivity index (χ1) is 6.72. The van der Waals surface area contributed by atoms with Crippen LogP contribution in [-0.2, 0) is 12.8 Å². The molecule has 0 unspecified atom stereocenters. The maximum Gasteiger partial charge on any atom is 0.0929 e. The van der Waals surface area contributed by atoms with Crippen molar-refractivity contribution in [3.63, 3.8) is 0 Å². The molecule has 0 amide bonds. The second-order valence-electron chi connectivity index (χ2n) is 4.20. The van der Waals surface area contributed by atoms with E-state index < -0.39 is 0 Å². The topological polar surface area (TPSA) is 24.9 Å². The van der Waals surface area contributed by atoms with E-state index in [2.05, 4.69) is 31.1 Å². The van der Waals surface area contributed by atoms with Crippen LogP contribution >= 0.6 is 11.3 Å². The van der Waals surface area contributed by atoms with Crippen molar-refractivity contribution in [2.45, 2.75) is 39.7 Å². The molecular weight excluding hydrogens is 192 g/mol. The van der Waals surface area contributed by atoms with E-state index in [1.807, 2.05) is 11.3 Å². The number of aromatic nitrogens is 1. The van der Waals surface area contributed by atoms with Gasteiger partial charge in [0.25, 0.3) is 0 Å². The number of hydrogen-bond donors (Lipinski definition) is 1. The summed E-state index contributed by atoms with van der Waals surface area (Å²) in [4.78, 5) is 6.17. The smallest absolute Gasteiger partial charge is 0.0929 e. The van der Waals surface area contributed by atoms with Crippen LogP contribution in [-0.4, -0.2) is 11.5 Å². The molecule has 0 spiro atoms. The summed E-state index contributed by atoms with van der Waals surface area (Å²) in [5.74, 6) is 0.666. The van der Waals surface area contributed by atoms with Gasteiger partial charge in [0.1, 0.15) is 0 Å². The van der Waals surface area contributed by atoms with Gasteiger partial charge < -0.3 is 5.32 Å². The molecule has 1 aromatic rings. The number of hydrogen-bond acceptors (Lipinski definition) is 3. The largest absolute Gasteiger partial charge is 0.309 e. The fourth-order valence-corrected chi connectivity index (χ4v) is 3.27. The summed E-state index contributed by atoms with van der Waals surface area (Å²) >= 11 is 1.90. The zero-order valence-corrected chi connectivity index (χ0v) is 9.95. The normalized spacial score (nSPS) is 21.3. The lowest BCUT2D eigenvalue weighted by molar-refractivity contribution is 0.399. The molecule has 78 valence electrons. The maximum atomic E-state index is 4.68. The Morgan fingerprint density at radius 2 is 2.36 bits per heavy atom. The van der Waals surface area contributed by atoms with Crippen molar-refractivity contribution >= 4 is 11.3 Å². The molecule has 2 rings (SSSR count). The molecule has 1 atom stereocenters. The molecule has 1 N–H and O–H groups in total. The van der Waals surface area contributed by atoms with E-state index in [9.17, 15) is 0 Å². The van der Waals surface area contributed by atoms with Gasteiger partial charge in [0.05, 0.1) is 10.7 Å². The Labute approximate surface area is 89.8 Å². The first-order valence-corrected chi connectivity index (χ1v) is 6.26. The van der Waals surface area contributed by atoms with Gasteiger partial charge in [-0.1, -0.05) is 20.8 Å². The summed E-state index contributed by atoms with van der Waals surface area (Å²) in [6.07, 6.45) is 2.18. The van der Waals surface area contributed by atoms with Crippen molar-refractivity contribution in [1.29, 1.82) is 0 Å². The SMILES string of the molecule is CCc1nc2c(s1)[C@H](C(C)C)NCC2. The Morgan fingerprint density at radius 3 is 3.00 bits per heavy atom. The molecule has 2 heterocycles. The zero-order valence-electron chi connectivity index (χ0n) is 9.13. The summed E-state index contributed by atoms with van der Waals surface area (Å²) in [6.45, 7) is 7.82. The van der Waals surface area contributed by atoms with Crippen molar-refractivity contribution in [2.75, 3.05) is 6.54 Å². The summed E-state index contributed by atoms with van der Waals surface area (Å²) in [7, 11) is 0. The molecule has 0 fully saturated rings. The first-order valence-electron chi connectivity index (χ1n) is 5.44. The fraction of sp³-hybridized carbons (Fsp3) is 0.727. The van der Waals surface area contributed by atoms with Gasteiger partial charge in [-0.2, -0.15) is 0 Å². The zero-order chi connectivity index (χ0) is 10.1. The molecule has 3 heteroatoms. The Hall–Kier alpha value is -0.410. The maximum absolute atomic E-state index is 4.68. The van der Waals surface area contributed by atoms with Crippen molar-refractivity contribution in [3.05, 3.63) is 15.6 Å². The van der Waals surface area contributed by atoms with E-state index in [-0.39, 0.29) is 0 Å². The van der Waals surface area contributed by atoms with Crippen LogP contribution in [0.25, 0.3) is 0 Å². The van der Waals surface area contributed by atoms with Crippen LogP contribution in [0.4, 0.5) is 0 Å². The molecule has 2 nitrogen and oxygen atoms in total. The summed E-state index contributed by atoms with van der Waals surface area (Å²) in [5.41, 5.74) is 1.35. The second kappa shape index (κ2) is 3.99. The molecule has 0 saturated heterocycles. The predicted octanol–water partition coefficient (Wildman–Crippen LogP) is 2.55. The minimum absolute atomic E-state index is 0.538. The Balaban J connectivity index is 2.33. The monoisotopic (exact) mass is 210 g/mol. The molecule has 0 aliphatic carbocycles. The Morgan fingerprint density at radius 1 is 1.57 bits per heavy atom. The van der Waals surface area contributed by atoms with Crippen LogP contribution in [0.3, 0.4) is 0 Å². The van der Waals surface area contributed by atoms with Crippen molar-refractivity contribution in [3.8, 4) is 0 Å². The quantitative estimate of drug-likeness (QED) is 0.811. The number of aryl methyl sites for hydroxylation is 1. The second-order valence-corrected chi connectivity index (χ2v) is 5.31. The first kappa shape index (κ1) is 10.1. The molecule has 1 aliphatic heterocycles. The van der Waals surface area contributed by atoms with Crippen molar-refractivity contribution < 1.29 is 0 Å². The minimum Gasteiger partial charge on any atom is -0.309 e. The highest BCUT2D eigenvalue weighted by molar-refractivity contribution is 7.11. The van der Waals surface area contributed by atoms with E-state index in [1.54, 1.807) is 0 Å². The third kappa shape index (κ3) is 1.71. The van der Waals surface area contributed by atoms with E-state index >= 15 is 0 Å². The fourth-order valence-electron chi connectivity index (χ4n) is 1.96. The van der Waals surface area contributed by atoms with Crippen LogP contribution in [0.2, 0.25) is 0 Å². The third-order valence-corrected chi connectivity index (χ3v) is 4.07. The van der Waals surface area contributed by atoms with Crippen LogP contribution in [0.5, 0.6) is 0 Å². The lowest BCUT2D eigenvalue weighted by atomic mass is 9.98. The van der Waals surface area contributed by atoms with E-state index in [1.165, 1.54) is 15.6 Å². The van der Waals surface area contributed by atoms with Gasteiger partial charge in [-0.3, -0.25) is 0 Å². The third-order valence-electron chi connectivity index (χ3n) is 2.75. The number of nitrogens with zero attached hydrogens (tertiary/aromatic N) is 1. The Bertz CT molecular complexity index is 317. The predicted molar refractivity (Wildman–Crippen MR) is 60.8 cm³/mol. The van der Waals surface area contributed by atoms with E-state index in [0.717, 1.165) is 19.4 Å². The van der Waals surface area contributed by atoms with Crippen molar-refractivity contribution in [1.82, 2.24) is 10.3 Å². The van der Waals surface area contributed by atoms with Gasteiger partial charge in [-0.05, 0) is 12.3 Å². The molecule has 0 aromatic carbocycles. The average Bonchev–Trinajstić information content (AvgIpc) is 2.59. The van der Waals surface area contributed by atoms with Gasteiger partial charge in [-0.25, -0.2) is 4.98 Å². The highest BCUT2D eigenvalue weighted by Gasteiger charge is 2.25. The minimum atomic E-state index is 0.538. The molecule has 0 bridgehead atoms. The molecule has 1 aromatic heterocycles. The lowest BCUT2D eigenvalue weighted by Crippen LogP contribution is -2.32. The molecular formula is C11H18N2S. The van der Waals surface area contributed by atoms with Crippen LogP contribution < -0.4 is 5.32 Å². The highest BCUT2D eigenvalue weighted by atomic mass is 32.1. The van der Waals surface area contributed by atoms with Gasteiger partial charge in [-0.15, -0.1) is 11.3 Å². The van der Waals surface area contributed by atoms with E-state index in [0.29, 0.717) is 12.0 Å².